The second-order valence-corrected chi connectivity index (χ2v) is 6.52. The highest BCUT2D eigenvalue weighted by molar-refractivity contribution is 5.34. The van der Waals surface area contributed by atoms with E-state index in [-0.39, 0.29) is 11.8 Å². The maximum atomic E-state index is 13.9. The summed E-state index contributed by atoms with van der Waals surface area (Å²) in [6.45, 7) is 3.70. The minimum Gasteiger partial charge on any atom is -0.494 e. The van der Waals surface area contributed by atoms with Crippen molar-refractivity contribution in [2.24, 2.45) is 0 Å². The van der Waals surface area contributed by atoms with E-state index in [4.69, 9.17) is 9.47 Å². The van der Waals surface area contributed by atoms with E-state index >= 15 is 0 Å². The fourth-order valence-electron chi connectivity index (χ4n) is 3.81. The molecule has 1 saturated heterocycles. The van der Waals surface area contributed by atoms with Gasteiger partial charge in [-0.15, -0.1) is 0 Å². The average Bonchev–Trinajstić information content (AvgIpc) is 3.25. The van der Waals surface area contributed by atoms with Gasteiger partial charge in [0.1, 0.15) is 12.4 Å². The van der Waals surface area contributed by atoms with E-state index in [1.807, 2.05) is 6.20 Å². The van der Waals surface area contributed by atoms with Crippen molar-refractivity contribution in [2.45, 2.75) is 38.6 Å². The SMILES string of the molecule is COc1cc(C2CCCN2Cc2cnc3n2CCOC3)cc(F)c1F. The standard InChI is InChI=1S/C18H21F2N3O2/c1-24-16-8-12(7-14(19)18(16)20)15-3-2-4-22(15)10-13-9-21-17-11-25-6-5-23(13)17/h7-9,15H,2-6,10-11H2,1H3. The molecule has 0 N–H and O–H groups in total. The van der Waals surface area contributed by atoms with Crippen LogP contribution in [-0.4, -0.2) is 34.7 Å². The number of rotatable bonds is 4. The molecule has 25 heavy (non-hydrogen) atoms. The van der Waals surface area contributed by atoms with Gasteiger partial charge in [0.25, 0.3) is 0 Å². The van der Waals surface area contributed by atoms with Crippen LogP contribution in [0.15, 0.2) is 18.3 Å². The fourth-order valence-corrected chi connectivity index (χ4v) is 3.81. The topological polar surface area (TPSA) is 39.5 Å². The highest BCUT2D eigenvalue weighted by Crippen LogP contribution is 2.36. The zero-order chi connectivity index (χ0) is 17.4. The molecule has 4 rings (SSSR count). The van der Waals surface area contributed by atoms with Crippen LogP contribution < -0.4 is 4.74 Å². The van der Waals surface area contributed by atoms with Gasteiger partial charge in [0, 0.05) is 25.3 Å². The van der Waals surface area contributed by atoms with Crippen LogP contribution in [0.5, 0.6) is 5.75 Å². The lowest BCUT2D eigenvalue weighted by atomic mass is 10.0. The zero-order valence-corrected chi connectivity index (χ0v) is 14.2. The molecule has 0 amide bonds. The van der Waals surface area contributed by atoms with Gasteiger partial charge in [-0.2, -0.15) is 4.39 Å². The van der Waals surface area contributed by atoms with Gasteiger partial charge in [0.2, 0.25) is 5.82 Å². The molecule has 0 aliphatic carbocycles. The minimum atomic E-state index is -0.930. The summed E-state index contributed by atoms with van der Waals surface area (Å²) in [4.78, 5) is 6.73. The number of hydrogen-bond acceptors (Lipinski definition) is 4. The molecule has 1 fully saturated rings. The summed E-state index contributed by atoms with van der Waals surface area (Å²) in [6.07, 6.45) is 3.83. The van der Waals surface area contributed by atoms with Crippen LogP contribution in [0, 0.1) is 11.6 Å². The predicted molar refractivity (Wildman–Crippen MR) is 87.2 cm³/mol. The van der Waals surface area contributed by atoms with Gasteiger partial charge in [-0.3, -0.25) is 4.90 Å². The second kappa shape index (κ2) is 6.72. The lowest BCUT2D eigenvalue weighted by Crippen LogP contribution is -2.26. The van der Waals surface area contributed by atoms with Crippen molar-refractivity contribution in [1.29, 1.82) is 0 Å². The Hall–Kier alpha value is -1.99. The summed E-state index contributed by atoms with van der Waals surface area (Å²) in [5.74, 6) is -0.882. The van der Waals surface area contributed by atoms with Crippen LogP contribution in [0.25, 0.3) is 0 Å². The molecule has 1 unspecified atom stereocenters. The maximum Gasteiger partial charge on any atom is 0.200 e. The number of ether oxygens (including phenoxy) is 2. The molecule has 1 aromatic heterocycles. The summed E-state index contributed by atoms with van der Waals surface area (Å²) in [5.41, 5.74) is 1.90. The van der Waals surface area contributed by atoms with E-state index in [1.165, 1.54) is 13.2 Å². The van der Waals surface area contributed by atoms with Crippen molar-refractivity contribution in [2.75, 3.05) is 20.3 Å². The van der Waals surface area contributed by atoms with Crippen LogP contribution in [-0.2, 0) is 24.4 Å². The van der Waals surface area contributed by atoms with Crippen molar-refractivity contribution in [3.63, 3.8) is 0 Å². The first-order chi connectivity index (χ1) is 12.2. The molecule has 0 saturated carbocycles. The Morgan fingerprint density at radius 3 is 3.04 bits per heavy atom. The normalized spacial score (nSPS) is 20.7. The number of nitrogens with zero attached hydrogens (tertiary/aromatic N) is 3. The monoisotopic (exact) mass is 349 g/mol. The van der Waals surface area contributed by atoms with Crippen LogP contribution in [0.3, 0.4) is 0 Å². The van der Waals surface area contributed by atoms with Gasteiger partial charge >= 0.3 is 0 Å². The summed E-state index contributed by atoms with van der Waals surface area (Å²) >= 11 is 0. The Morgan fingerprint density at radius 1 is 1.32 bits per heavy atom. The average molecular weight is 349 g/mol. The maximum absolute atomic E-state index is 13.9. The van der Waals surface area contributed by atoms with Crippen molar-refractivity contribution >= 4 is 0 Å². The molecule has 1 atom stereocenters. The summed E-state index contributed by atoms with van der Waals surface area (Å²) in [6, 6.07) is 2.96. The van der Waals surface area contributed by atoms with Crippen LogP contribution in [0.2, 0.25) is 0 Å². The quantitative estimate of drug-likeness (QED) is 0.851. The van der Waals surface area contributed by atoms with Crippen LogP contribution >= 0.6 is 0 Å². The number of aromatic nitrogens is 2. The van der Waals surface area contributed by atoms with Gasteiger partial charge in [0.15, 0.2) is 11.6 Å². The largest absolute Gasteiger partial charge is 0.494 e. The van der Waals surface area contributed by atoms with Gasteiger partial charge in [0.05, 0.1) is 19.4 Å². The molecule has 2 aliphatic heterocycles. The molecule has 2 aromatic rings. The molecular formula is C18H21F2N3O2. The Labute approximate surface area is 145 Å². The van der Waals surface area contributed by atoms with Crippen molar-refractivity contribution < 1.29 is 18.3 Å². The zero-order valence-electron chi connectivity index (χ0n) is 14.2. The fraction of sp³-hybridized carbons (Fsp3) is 0.500. The van der Waals surface area contributed by atoms with Crippen molar-refractivity contribution in [3.8, 4) is 5.75 Å². The van der Waals surface area contributed by atoms with Gasteiger partial charge < -0.3 is 14.0 Å². The first kappa shape index (κ1) is 16.5. The number of fused-ring (bicyclic) bond motifs is 1. The van der Waals surface area contributed by atoms with Gasteiger partial charge in [-0.25, -0.2) is 9.37 Å². The first-order valence-corrected chi connectivity index (χ1v) is 8.55. The second-order valence-electron chi connectivity index (χ2n) is 6.52. The Balaban J connectivity index is 1.59. The molecule has 1 aromatic carbocycles. The summed E-state index contributed by atoms with van der Waals surface area (Å²) < 4.78 is 40.2. The third kappa shape index (κ3) is 3.02. The summed E-state index contributed by atoms with van der Waals surface area (Å²) in [5, 5.41) is 0. The minimum absolute atomic E-state index is 0.0410. The molecule has 0 bridgehead atoms. The van der Waals surface area contributed by atoms with E-state index in [2.05, 4.69) is 14.5 Å². The Morgan fingerprint density at radius 2 is 2.20 bits per heavy atom. The number of likely N-dealkylation sites (tertiary alicyclic amines) is 1. The van der Waals surface area contributed by atoms with E-state index in [0.717, 1.165) is 49.6 Å². The number of halogens is 2. The molecular weight excluding hydrogens is 328 g/mol. The van der Waals surface area contributed by atoms with E-state index in [9.17, 15) is 8.78 Å². The van der Waals surface area contributed by atoms with Crippen molar-refractivity contribution in [1.82, 2.24) is 14.5 Å². The van der Waals surface area contributed by atoms with Gasteiger partial charge in [-0.1, -0.05) is 0 Å². The predicted octanol–water partition coefficient (Wildman–Crippen LogP) is 3.04. The molecule has 7 heteroatoms. The number of methoxy groups -OCH3 is 1. The van der Waals surface area contributed by atoms with E-state index in [1.54, 1.807) is 6.07 Å². The smallest absolute Gasteiger partial charge is 0.200 e. The molecule has 134 valence electrons. The van der Waals surface area contributed by atoms with Crippen LogP contribution in [0.4, 0.5) is 8.78 Å². The molecule has 0 radical (unpaired) electrons. The highest BCUT2D eigenvalue weighted by atomic mass is 19.2. The molecule has 3 heterocycles. The Bertz CT molecular complexity index is 778. The number of benzene rings is 1. The third-order valence-corrected chi connectivity index (χ3v) is 5.06. The van der Waals surface area contributed by atoms with Crippen molar-refractivity contribution in [3.05, 3.63) is 47.0 Å². The number of imidazole rings is 1. The first-order valence-electron chi connectivity index (χ1n) is 8.55. The molecule has 0 spiro atoms. The van der Waals surface area contributed by atoms with Crippen LogP contribution in [0.1, 0.15) is 36.0 Å². The number of hydrogen-bond donors (Lipinski definition) is 0. The summed E-state index contributed by atoms with van der Waals surface area (Å²) in [7, 11) is 1.36. The van der Waals surface area contributed by atoms with E-state index in [0.29, 0.717) is 13.2 Å². The molecule has 5 nitrogen and oxygen atoms in total. The molecule has 2 aliphatic rings. The Kier molecular flexibility index (Phi) is 4.43. The van der Waals surface area contributed by atoms with Gasteiger partial charge in [-0.05, 0) is 37.1 Å². The lowest BCUT2D eigenvalue weighted by Gasteiger charge is -2.26. The third-order valence-electron chi connectivity index (χ3n) is 5.06. The lowest BCUT2D eigenvalue weighted by molar-refractivity contribution is 0.0794. The van der Waals surface area contributed by atoms with E-state index < -0.39 is 11.6 Å². The highest BCUT2D eigenvalue weighted by Gasteiger charge is 2.29.